The molecule has 0 aliphatic carbocycles. The number of imidazole rings is 1. The maximum atomic E-state index is 6.15. The number of H-pyrrole nitrogens is 1. The van der Waals surface area contributed by atoms with Crippen molar-refractivity contribution in [2.24, 2.45) is 0 Å². The van der Waals surface area contributed by atoms with E-state index in [0.29, 0.717) is 9.79 Å². The lowest BCUT2D eigenvalue weighted by molar-refractivity contribution is 0.537. The molecule has 0 unspecified atom stereocenters. The van der Waals surface area contributed by atoms with Gasteiger partial charge in [-0.2, -0.15) is 5.10 Å². The van der Waals surface area contributed by atoms with Crippen LogP contribution in [0.25, 0.3) is 11.0 Å². The molecule has 4 nitrogen and oxygen atoms in total. The summed E-state index contributed by atoms with van der Waals surface area (Å²) in [5.41, 5.74) is 3.08. The predicted molar refractivity (Wildman–Crippen MR) is 79.1 cm³/mol. The number of hydrogen-bond acceptors (Lipinski definition) is 2. The lowest BCUT2D eigenvalue weighted by Gasteiger charge is -2.05. The van der Waals surface area contributed by atoms with Crippen molar-refractivity contribution < 1.29 is 0 Å². The summed E-state index contributed by atoms with van der Waals surface area (Å²) in [6.07, 6.45) is 3.87. The van der Waals surface area contributed by atoms with Gasteiger partial charge in [-0.1, -0.05) is 17.7 Å². The van der Waals surface area contributed by atoms with Gasteiger partial charge in [-0.05, 0) is 36.8 Å². The highest BCUT2D eigenvalue weighted by molar-refractivity contribution is 7.71. The van der Waals surface area contributed by atoms with Crippen LogP contribution >= 0.6 is 23.8 Å². The molecule has 0 amide bonds. The van der Waals surface area contributed by atoms with Crippen molar-refractivity contribution in [3.05, 3.63) is 45.9 Å². The number of aryl methyl sites for hydroxylation is 3. The van der Waals surface area contributed by atoms with Crippen LogP contribution in [0, 0.1) is 11.7 Å². The number of nitrogens with zero attached hydrogens (tertiary/aromatic N) is 3. The van der Waals surface area contributed by atoms with Crippen LogP contribution in [0.1, 0.15) is 5.56 Å². The average Bonchev–Trinajstić information content (AvgIpc) is 2.92. The first-order chi connectivity index (χ1) is 9.15. The van der Waals surface area contributed by atoms with Crippen molar-refractivity contribution in [1.82, 2.24) is 19.3 Å². The Morgan fingerprint density at radius 3 is 2.95 bits per heavy atom. The minimum atomic E-state index is 0.687. The normalized spacial score (nSPS) is 11.3. The van der Waals surface area contributed by atoms with E-state index in [-0.39, 0.29) is 0 Å². The number of halogens is 1. The van der Waals surface area contributed by atoms with Crippen molar-refractivity contribution in [3.8, 4) is 0 Å². The molecular weight excluding hydrogens is 280 g/mol. The van der Waals surface area contributed by atoms with E-state index in [0.717, 1.165) is 29.7 Å². The minimum absolute atomic E-state index is 0.687. The van der Waals surface area contributed by atoms with Crippen LogP contribution in [0.2, 0.25) is 5.02 Å². The zero-order valence-corrected chi connectivity index (χ0v) is 12.0. The molecule has 0 bridgehead atoms. The summed E-state index contributed by atoms with van der Waals surface area (Å²) in [5, 5.41) is 4.97. The Morgan fingerprint density at radius 1 is 1.37 bits per heavy atom. The van der Waals surface area contributed by atoms with Crippen molar-refractivity contribution in [2.45, 2.75) is 20.0 Å². The van der Waals surface area contributed by atoms with Crippen molar-refractivity contribution in [2.75, 3.05) is 0 Å². The Bertz CT molecular complexity index is 783. The molecule has 0 saturated heterocycles. The number of aromatic nitrogens is 4. The van der Waals surface area contributed by atoms with Crippen molar-refractivity contribution >= 4 is 34.9 Å². The first kappa shape index (κ1) is 12.4. The molecule has 98 valence electrons. The standard InChI is InChI=1S/C13H13ClN4S/c1-9-7-15-17(8-9)5-6-18-11-4-2-3-10(14)12(11)16-13(18)19/h2-4,7-8H,5-6H2,1H3,(H,16,19). The maximum Gasteiger partial charge on any atom is 0.178 e. The van der Waals surface area contributed by atoms with E-state index in [1.54, 1.807) is 0 Å². The van der Waals surface area contributed by atoms with E-state index in [1.807, 2.05) is 46.8 Å². The van der Waals surface area contributed by atoms with Gasteiger partial charge >= 0.3 is 0 Å². The molecule has 2 heterocycles. The summed E-state index contributed by atoms with van der Waals surface area (Å²) in [5.74, 6) is 0. The summed E-state index contributed by atoms with van der Waals surface area (Å²) in [6.45, 7) is 3.57. The van der Waals surface area contributed by atoms with Crippen molar-refractivity contribution in [3.63, 3.8) is 0 Å². The third-order valence-electron chi connectivity index (χ3n) is 3.07. The molecule has 19 heavy (non-hydrogen) atoms. The topological polar surface area (TPSA) is 38.5 Å². The first-order valence-corrected chi connectivity index (χ1v) is 6.80. The van der Waals surface area contributed by atoms with Crippen LogP contribution in [0.4, 0.5) is 0 Å². The summed E-state index contributed by atoms with van der Waals surface area (Å²) < 4.78 is 4.65. The van der Waals surface area contributed by atoms with Gasteiger partial charge in [-0.25, -0.2) is 0 Å². The molecule has 6 heteroatoms. The molecule has 3 aromatic rings. The number of hydrogen-bond donors (Lipinski definition) is 1. The van der Waals surface area contributed by atoms with E-state index in [2.05, 4.69) is 10.1 Å². The highest BCUT2D eigenvalue weighted by Crippen LogP contribution is 2.22. The summed E-state index contributed by atoms with van der Waals surface area (Å²) >= 11 is 11.5. The van der Waals surface area contributed by atoms with Gasteiger partial charge < -0.3 is 9.55 Å². The largest absolute Gasteiger partial charge is 0.329 e. The molecule has 0 atom stereocenters. The number of benzene rings is 1. The Morgan fingerprint density at radius 2 is 2.21 bits per heavy atom. The van der Waals surface area contributed by atoms with Gasteiger partial charge in [0.15, 0.2) is 4.77 Å². The molecular formula is C13H13ClN4S. The number of para-hydroxylation sites is 1. The number of nitrogens with one attached hydrogen (secondary N) is 1. The highest BCUT2D eigenvalue weighted by Gasteiger charge is 2.07. The Kier molecular flexibility index (Phi) is 3.16. The van der Waals surface area contributed by atoms with Gasteiger partial charge in [0.05, 0.1) is 28.8 Å². The molecule has 0 aliphatic heterocycles. The molecule has 1 aromatic carbocycles. The summed E-state index contributed by atoms with van der Waals surface area (Å²) in [4.78, 5) is 3.15. The van der Waals surface area contributed by atoms with Gasteiger partial charge in [0.2, 0.25) is 0 Å². The molecule has 3 rings (SSSR count). The third kappa shape index (κ3) is 2.31. The maximum absolute atomic E-state index is 6.15. The first-order valence-electron chi connectivity index (χ1n) is 6.01. The lowest BCUT2D eigenvalue weighted by atomic mass is 10.3. The molecule has 0 spiro atoms. The Labute approximate surface area is 120 Å². The van der Waals surface area contributed by atoms with Crippen LogP contribution in [0.3, 0.4) is 0 Å². The smallest absolute Gasteiger partial charge is 0.178 e. The zero-order chi connectivity index (χ0) is 13.4. The SMILES string of the molecule is Cc1cnn(CCn2c(=S)[nH]c3c(Cl)cccc32)c1. The third-order valence-corrected chi connectivity index (χ3v) is 3.71. The fraction of sp³-hybridized carbons (Fsp3) is 0.231. The fourth-order valence-corrected chi connectivity index (χ4v) is 2.67. The molecule has 1 N–H and O–H groups in total. The Hall–Kier alpha value is -1.59. The van der Waals surface area contributed by atoms with E-state index >= 15 is 0 Å². The molecule has 2 aromatic heterocycles. The van der Waals surface area contributed by atoms with E-state index in [1.165, 1.54) is 0 Å². The Balaban J connectivity index is 1.95. The number of fused-ring (bicyclic) bond motifs is 1. The second-order valence-corrected chi connectivity index (χ2v) is 5.29. The van der Waals surface area contributed by atoms with Gasteiger partial charge in [0, 0.05) is 12.7 Å². The van der Waals surface area contributed by atoms with Gasteiger partial charge in [-0.3, -0.25) is 4.68 Å². The second-order valence-electron chi connectivity index (χ2n) is 4.50. The van der Waals surface area contributed by atoms with Crippen LogP contribution in [-0.2, 0) is 13.1 Å². The van der Waals surface area contributed by atoms with Crippen LogP contribution < -0.4 is 0 Å². The van der Waals surface area contributed by atoms with Crippen molar-refractivity contribution in [1.29, 1.82) is 0 Å². The predicted octanol–water partition coefficient (Wildman–Crippen LogP) is 3.56. The number of rotatable bonds is 3. The van der Waals surface area contributed by atoms with E-state index in [9.17, 15) is 0 Å². The summed E-state index contributed by atoms with van der Waals surface area (Å²) in [7, 11) is 0. The molecule has 0 radical (unpaired) electrons. The second kappa shape index (κ2) is 4.83. The van der Waals surface area contributed by atoms with Crippen LogP contribution in [0.5, 0.6) is 0 Å². The monoisotopic (exact) mass is 292 g/mol. The van der Waals surface area contributed by atoms with Gasteiger partial charge in [0.1, 0.15) is 0 Å². The lowest BCUT2D eigenvalue weighted by Crippen LogP contribution is -2.07. The molecule has 0 aliphatic rings. The summed E-state index contributed by atoms with van der Waals surface area (Å²) in [6, 6.07) is 5.81. The van der Waals surface area contributed by atoms with Crippen LogP contribution in [-0.4, -0.2) is 19.3 Å². The van der Waals surface area contributed by atoms with Gasteiger partial charge in [-0.15, -0.1) is 0 Å². The minimum Gasteiger partial charge on any atom is -0.329 e. The van der Waals surface area contributed by atoms with Crippen LogP contribution in [0.15, 0.2) is 30.6 Å². The fourth-order valence-electron chi connectivity index (χ4n) is 2.16. The molecule has 0 fully saturated rings. The van der Waals surface area contributed by atoms with Gasteiger partial charge in [0.25, 0.3) is 0 Å². The average molecular weight is 293 g/mol. The molecule has 0 saturated carbocycles. The zero-order valence-electron chi connectivity index (χ0n) is 10.4. The quantitative estimate of drug-likeness (QED) is 0.750. The number of aromatic amines is 1. The highest BCUT2D eigenvalue weighted by atomic mass is 35.5. The van der Waals surface area contributed by atoms with E-state index in [4.69, 9.17) is 23.8 Å². The van der Waals surface area contributed by atoms with E-state index < -0.39 is 0 Å².